The zero-order valence-electron chi connectivity index (χ0n) is 9.54. The van der Waals surface area contributed by atoms with Gasteiger partial charge in [0.1, 0.15) is 5.69 Å². The van der Waals surface area contributed by atoms with Crippen LogP contribution in [-0.2, 0) is 6.54 Å². The summed E-state index contributed by atoms with van der Waals surface area (Å²) in [4.78, 5) is 22.2. The van der Waals surface area contributed by atoms with Gasteiger partial charge in [-0.25, -0.2) is 4.79 Å². The normalized spacial score (nSPS) is 10.2. The fourth-order valence-electron chi connectivity index (χ4n) is 1.83. The van der Waals surface area contributed by atoms with Crippen LogP contribution < -0.4 is 5.73 Å². The van der Waals surface area contributed by atoms with Gasteiger partial charge in [-0.15, -0.1) is 0 Å². The minimum absolute atomic E-state index is 0.175. The molecule has 0 saturated carbocycles. The minimum atomic E-state index is -1.00. The van der Waals surface area contributed by atoms with Crippen LogP contribution in [0.4, 0.5) is 0 Å². The number of nitrogens with zero attached hydrogens (tertiary/aromatic N) is 1. The Labute approximate surface area is 103 Å². The first-order valence-electron chi connectivity index (χ1n) is 5.35. The van der Waals surface area contributed by atoms with Gasteiger partial charge in [-0.3, -0.25) is 4.79 Å². The van der Waals surface area contributed by atoms with E-state index in [1.165, 1.54) is 6.07 Å². The molecule has 0 bridgehead atoms. The number of carboxylic acids is 1. The number of benzene rings is 1. The van der Waals surface area contributed by atoms with E-state index in [-0.39, 0.29) is 5.69 Å². The van der Waals surface area contributed by atoms with Crippen LogP contribution in [-0.4, -0.2) is 21.6 Å². The number of rotatable bonds is 4. The standard InChI is InChI=1S/C13H12N2O3/c14-12(16)10-5-2-1-4-9(10)8-15-7-3-6-11(15)13(17)18/h1-7H,8H2,(H2,14,16)(H,17,18). The highest BCUT2D eigenvalue weighted by Crippen LogP contribution is 2.12. The van der Waals surface area contributed by atoms with Crippen LogP contribution in [0.2, 0.25) is 0 Å². The van der Waals surface area contributed by atoms with Crippen molar-refractivity contribution in [1.29, 1.82) is 0 Å². The molecule has 2 aromatic rings. The van der Waals surface area contributed by atoms with E-state index in [2.05, 4.69) is 0 Å². The number of carbonyl (C=O) groups excluding carboxylic acids is 1. The molecule has 0 spiro atoms. The lowest BCUT2D eigenvalue weighted by Crippen LogP contribution is -2.16. The smallest absolute Gasteiger partial charge is 0.352 e. The van der Waals surface area contributed by atoms with Crippen LogP contribution in [0.15, 0.2) is 42.6 Å². The summed E-state index contributed by atoms with van der Waals surface area (Å²) >= 11 is 0. The van der Waals surface area contributed by atoms with Crippen molar-refractivity contribution in [3.05, 3.63) is 59.4 Å². The average molecular weight is 244 g/mol. The second-order valence-electron chi connectivity index (χ2n) is 3.85. The fraction of sp³-hybridized carbons (Fsp3) is 0.0769. The van der Waals surface area contributed by atoms with Crippen LogP contribution in [0, 0.1) is 0 Å². The molecular formula is C13H12N2O3. The molecule has 2 rings (SSSR count). The summed E-state index contributed by atoms with van der Waals surface area (Å²) in [7, 11) is 0. The highest BCUT2D eigenvalue weighted by Gasteiger charge is 2.12. The maximum absolute atomic E-state index is 11.3. The van der Waals surface area contributed by atoms with Gasteiger partial charge in [0, 0.05) is 18.3 Å². The summed E-state index contributed by atoms with van der Waals surface area (Å²) in [5.41, 5.74) is 6.56. The molecule has 1 aromatic carbocycles. The third kappa shape index (κ3) is 2.24. The number of aromatic carboxylic acids is 1. The Bertz CT molecular complexity index is 602. The third-order valence-corrected chi connectivity index (χ3v) is 2.67. The molecule has 1 amide bonds. The molecule has 0 unspecified atom stereocenters. The summed E-state index contributed by atoms with van der Waals surface area (Å²) in [6.07, 6.45) is 1.65. The van der Waals surface area contributed by atoms with Crippen LogP contribution in [0.3, 0.4) is 0 Å². The third-order valence-electron chi connectivity index (χ3n) is 2.67. The van der Waals surface area contributed by atoms with Gasteiger partial charge < -0.3 is 15.4 Å². The lowest BCUT2D eigenvalue weighted by atomic mass is 10.1. The lowest BCUT2D eigenvalue weighted by Gasteiger charge is -2.09. The van der Waals surface area contributed by atoms with Crippen LogP contribution in [0.1, 0.15) is 26.4 Å². The number of hydrogen-bond donors (Lipinski definition) is 2. The van der Waals surface area contributed by atoms with Gasteiger partial charge in [0.15, 0.2) is 0 Å². The Morgan fingerprint density at radius 3 is 2.56 bits per heavy atom. The van der Waals surface area contributed by atoms with Gasteiger partial charge in [0.2, 0.25) is 5.91 Å². The molecule has 1 aromatic heterocycles. The van der Waals surface area contributed by atoms with Crippen LogP contribution in [0.25, 0.3) is 0 Å². The van der Waals surface area contributed by atoms with Crippen molar-refractivity contribution in [2.75, 3.05) is 0 Å². The molecule has 0 aliphatic heterocycles. The van der Waals surface area contributed by atoms with E-state index < -0.39 is 11.9 Å². The Morgan fingerprint density at radius 1 is 1.17 bits per heavy atom. The number of carboxylic acid groups (broad SMARTS) is 1. The summed E-state index contributed by atoms with van der Waals surface area (Å²) < 4.78 is 1.56. The van der Waals surface area contributed by atoms with E-state index in [9.17, 15) is 9.59 Å². The molecule has 92 valence electrons. The summed E-state index contributed by atoms with van der Waals surface area (Å²) in [5, 5.41) is 9.00. The van der Waals surface area contributed by atoms with Gasteiger partial charge in [0.25, 0.3) is 0 Å². The Balaban J connectivity index is 2.37. The number of hydrogen-bond acceptors (Lipinski definition) is 2. The highest BCUT2D eigenvalue weighted by atomic mass is 16.4. The first-order valence-corrected chi connectivity index (χ1v) is 5.35. The van der Waals surface area contributed by atoms with Crippen molar-refractivity contribution in [3.8, 4) is 0 Å². The molecule has 5 nitrogen and oxygen atoms in total. The zero-order chi connectivity index (χ0) is 13.1. The van der Waals surface area contributed by atoms with E-state index in [1.54, 1.807) is 41.1 Å². The van der Waals surface area contributed by atoms with Crippen molar-refractivity contribution < 1.29 is 14.7 Å². The molecule has 0 atom stereocenters. The number of primary amides is 1. The highest BCUT2D eigenvalue weighted by molar-refractivity contribution is 5.94. The van der Waals surface area contributed by atoms with E-state index >= 15 is 0 Å². The zero-order valence-corrected chi connectivity index (χ0v) is 9.54. The van der Waals surface area contributed by atoms with Crippen LogP contribution in [0.5, 0.6) is 0 Å². The first-order chi connectivity index (χ1) is 8.59. The molecule has 0 aliphatic carbocycles. The van der Waals surface area contributed by atoms with E-state index in [1.807, 2.05) is 0 Å². The molecular weight excluding hydrogens is 232 g/mol. The van der Waals surface area contributed by atoms with Gasteiger partial charge in [-0.1, -0.05) is 18.2 Å². The van der Waals surface area contributed by atoms with Crippen molar-refractivity contribution in [2.24, 2.45) is 5.73 Å². The fourth-order valence-corrected chi connectivity index (χ4v) is 1.83. The van der Waals surface area contributed by atoms with Crippen LogP contribution >= 0.6 is 0 Å². The van der Waals surface area contributed by atoms with Gasteiger partial charge >= 0.3 is 5.97 Å². The monoisotopic (exact) mass is 244 g/mol. The number of aromatic nitrogens is 1. The quantitative estimate of drug-likeness (QED) is 0.850. The van der Waals surface area contributed by atoms with Gasteiger partial charge in [-0.05, 0) is 23.8 Å². The number of nitrogens with two attached hydrogens (primary N) is 1. The van der Waals surface area contributed by atoms with E-state index in [0.29, 0.717) is 17.7 Å². The first kappa shape index (κ1) is 11.9. The second-order valence-corrected chi connectivity index (χ2v) is 3.85. The predicted octanol–water partition coefficient (Wildman–Crippen LogP) is 1.33. The van der Waals surface area contributed by atoms with Crippen molar-refractivity contribution in [2.45, 2.75) is 6.54 Å². The minimum Gasteiger partial charge on any atom is -0.477 e. The molecule has 1 heterocycles. The molecule has 0 aliphatic rings. The molecule has 18 heavy (non-hydrogen) atoms. The molecule has 0 saturated heterocycles. The van der Waals surface area contributed by atoms with Crippen molar-refractivity contribution in [1.82, 2.24) is 4.57 Å². The van der Waals surface area contributed by atoms with Gasteiger partial charge in [-0.2, -0.15) is 0 Å². The maximum Gasteiger partial charge on any atom is 0.352 e. The van der Waals surface area contributed by atoms with Crippen molar-refractivity contribution >= 4 is 11.9 Å². The molecule has 0 fully saturated rings. The number of carbonyl (C=O) groups is 2. The molecule has 3 N–H and O–H groups in total. The Hall–Kier alpha value is -2.56. The maximum atomic E-state index is 11.3. The topological polar surface area (TPSA) is 85.3 Å². The largest absolute Gasteiger partial charge is 0.477 e. The van der Waals surface area contributed by atoms with E-state index in [0.717, 1.165) is 0 Å². The van der Waals surface area contributed by atoms with Crippen molar-refractivity contribution in [3.63, 3.8) is 0 Å². The Morgan fingerprint density at radius 2 is 1.89 bits per heavy atom. The average Bonchev–Trinajstić information content (AvgIpc) is 2.77. The molecule has 5 heteroatoms. The number of amides is 1. The van der Waals surface area contributed by atoms with E-state index in [4.69, 9.17) is 10.8 Å². The lowest BCUT2D eigenvalue weighted by molar-refractivity contribution is 0.0685. The second kappa shape index (κ2) is 4.75. The Kier molecular flexibility index (Phi) is 3.14. The summed E-state index contributed by atoms with van der Waals surface area (Å²) in [6.45, 7) is 0.299. The van der Waals surface area contributed by atoms with Gasteiger partial charge in [0.05, 0.1) is 0 Å². The molecule has 0 radical (unpaired) electrons. The predicted molar refractivity (Wildman–Crippen MR) is 65.5 cm³/mol. The summed E-state index contributed by atoms with van der Waals surface area (Å²) in [6, 6.07) is 10.0. The SMILES string of the molecule is NC(=O)c1ccccc1Cn1cccc1C(=O)O. The summed E-state index contributed by atoms with van der Waals surface area (Å²) in [5.74, 6) is -1.52.